The Morgan fingerprint density at radius 1 is 1.24 bits per heavy atom. The van der Waals surface area contributed by atoms with Crippen molar-refractivity contribution in [2.75, 3.05) is 26.3 Å². The van der Waals surface area contributed by atoms with Gasteiger partial charge in [0.05, 0.1) is 18.1 Å². The SMILES string of the molecule is Br.Cc1ccc(/C=C2\SC(N3CCOCC3)=NC2=O)cc1. The molecule has 4 nitrogen and oxygen atoms in total. The Balaban J connectivity index is 0.00000161. The molecule has 1 amide bonds. The Morgan fingerprint density at radius 2 is 1.90 bits per heavy atom. The monoisotopic (exact) mass is 368 g/mol. The summed E-state index contributed by atoms with van der Waals surface area (Å²) in [5, 5.41) is 0.802. The van der Waals surface area contributed by atoms with E-state index in [4.69, 9.17) is 4.74 Å². The van der Waals surface area contributed by atoms with E-state index < -0.39 is 0 Å². The number of morpholine rings is 1. The number of ether oxygens (including phenoxy) is 1. The highest BCUT2D eigenvalue weighted by Gasteiger charge is 2.26. The summed E-state index contributed by atoms with van der Waals surface area (Å²) >= 11 is 1.46. The average molecular weight is 369 g/mol. The van der Waals surface area contributed by atoms with Gasteiger partial charge in [-0.15, -0.1) is 17.0 Å². The van der Waals surface area contributed by atoms with E-state index in [0.29, 0.717) is 18.1 Å². The molecule has 21 heavy (non-hydrogen) atoms. The zero-order valence-corrected chi connectivity index (χ0v) is 14.3. The molecule has 1 aromatic carbocycles. The molecule has 3 rings (SSSR count). The maximum absolute atomic E-state index is 12.0. The zero-order chi connectivity index (χ0) is 13.9. The molecular formula is C15H17BrN2O2S. The normalized spacial score (nSPS) is 20.4. The number of carbonyl (C=O) groups is 1. The lowest BCUT2D eigenvalue weighted by Crippen LogP contribution is -2.38. The number of aliphatic imine (C=N–C) groups is 1. The minimum Gasteiger partial charge on any atom is -0.378 e. The highest BCUT2D eigenvalue weighted by Crippen LogP contribution is 2.30. The average Bonchev–Trinajstić information content (AvgIpc) is 2.84. The van der Waals surface area contributed by atoms with Gasteiger partial charge in [-0.25, -0.2) is 0 Å². The van der Waals surface area contributed by atoms with Crippen LogP contribution in [-0.2, 0) is 9.53 Å². The molecule has 2 heterocycles. The lowest BCUT2D eigenvalue weighted by atomic mass is 10.1. The van der Waals surface area contributed by atoms with Crippen LogP contribution in [-0.4, -0.2) is 42.3 Å². The third-order valence-corrected chi connectivity index (χ3v) is 4.31. The number of thioether (sulfide) groups is 1. The molecule has 0 radical (unpaired) electrons. The fraction of sp³-hybridized carbons (Fsp3) is 0.333. The zero-order valence-electron chi connectivity index (χ0n) is 11.7. The first-order valence-electron chi connectivity index (χ1n) is 6.64. The van der Waals surface area contributed by atoms with Crippen LogP contribution in [0.2, 0.25) is 0 Å². The Morgan fingerprint density at radius 3 is 2.57 bits per heavy atom. The fourth-order valence-corrected chi connectivity index (χ4v) is 3.07. The number of hydrogen-bond acceptors (Lipinski definition) is 4. The molecule has 2 aliphatic heterocycles. The molecule has 1 saturated heterocycles. The highest BCUT2D eigenvalue weighted by atomic mass is 79.9. The second kappa shape index (κ2) is 7.24. The number of amides is 1. The highest BCUT2D eigenvalue weighted by molar-refractivity contribution is 8.93. The molecule has 0 aromatic heterocycles. The topological polar surface area (TPSA) is 41.9 Å². The van der Waals surface area contributed by atoms with E-state index in [2.05, 4.69) is 9.89 Å². The summed E-state index contributed by atoms with van der Waals surface area (Å²) in [6.45, 7) is 5.05. The summed E-state index contributed by atoms with van der Waals surface area (Å²) in [5.74, 6) is -0.142. The van der Waals surface area contributed by atoms with Crippen LogP contribution in [0.25, 0.3) is 6.08 Å². The molecule has 0 spiro atoms. The summed E-state index contributed by atoms with van der Waals surface area (Å²) in [4.78, 5) is 18.9. The van der Waals surface area contributed by atoms with Crippen molar-refractivity contribution in [2.24, 2.45) is 4.99 Å². The Kier molecular flexibility index (Phi) is 5.61. The smallest absolute Gasteiger partial charge is 0.286 e. The van der Waals surface area contributed by atoms with E-state index in [1.54, 1.807) is 0 Å². The largest absolute Gasteiger partial charge is 0.378 e. The van der Waals surface area contributed by atoms with E-state index >= 15 is 0 Å². The van der Waals surface area contributed by atoms with Crippen molar-refractivity contribution in [2.45, 2.75) is 6.92 Å². The number of nitrogens with zero attached hydrogens (tertiary/aromatic N) is 2. The van der Waals surface area contributed by atoms with Gasteiger partial charge in [-0.3, -0.25) is 4.79 Å². The Labute approximate surface area is 139 Å². The lowest BCUT2D eigenvalue weighted by Gasteiger charge is -2.27. The summed E-state index contributed by atoms with van der Waals surface area (Å²) < 4.78 is 5.31. The standard InChI is InChI=1S/C15H16N2O2S.BrH/c1-11-2-4-12(5-3-11)10-13-14(18)16-15(20-13)17-6-8-19-9-7-17;/h2-5,10H,6-9H2,1H3;1H/b13-10-;. The van der Waals surface area contributed by atoms with E-state index in [0.717, 1.165) is 23.8 Å². The van der Waals surface area contributed by atoms with Crippen LogP contribution >= 0.6 is 28.7 Å². The minimum atomic E-state index is -0.142. The molecule has 2 aliphatic rings. The third kappa shape index (κ3) is 3.96. The van der Waals surface area contributed by atoms with Crippen LogP contribution in [0, 0.1) is 6.92 Å². The first-order valence-corrected chi connectivity index (χ1v) is 7.46. The second-order valence-corrected chi connectivity index (χ2v) is 5.83. The lowest BCUT2D eigenvalue weighted by molar-refractivity contribution is -0.113. The predicted octanol–water partition coefficient (Wildman–Crippen LogP) is 2.88. The summed E-state index contributed by atoms with van der Waals surface area (Å²) in [5.41, 5.74) is 2.24. The first kappa shape index (κ1) is 16.3. The van der Waals surface area contributed by atoms with E-state index in [1.165, 1.54) is 17.3 Å². The number of carbonyl (C=O) groups excluding carboxylic acids is 1. The number of hydrogen-bond donors (Lipinski definition) is 0. The van der Waals surface area contributed by atoms with E-state index in [1.807, 2.05) is 37.3 Å². The van der Waals surface area contributed by atoms with Crippen molar-refractivity contribution in [3.8, 4) is 0 Å². The van der Waals surface area contributed by atoms with Gasteiger partial charge in [0.15, 0.2) is 5.17 Å². The van der Waals surface area contributed by atoms with Crippen molar-refractivity contribution in [3.05, 3.63) is 40.3 Å². The molecule has 0 unspecified atom stereocenters. The molecule has 0 bridgehead atoms. The van der Waals surface area contributed by atoms with E-state index in [9.17, 15) is 4.79 Å². The van der Waals surface area contributed by atoms with Gasteiger partial charge in [0.1, 0.15) is 0 Å². The summed E-state index contributed by atoms with van der Waals surface area (Å²) in [6, 6.07) is 8.12. The number of aryl methyl sites for hydroxylation is 1. The number of amidine groups is 1. The van der Waals surface area contributed by atoms with Gasteiger partial charge in [0.2, 0.25) is 0 Å². The van der Waals surface area contributed by atoms with Gasteiger partial charge in [-0.2, -0.15) is 4.99 Å². The van der Waals surface area contributed by atoms with Crippen LogP contribution in [0.3, 0.4) is 0 Å². The van der Waals surface area contributed by atoms with Gasteiger partial charge in [-0.05, 0) is 30.3 Å². The molecule has 1 aromatic rings. The van der Waals surface area contributed by atoms with Gasteiger partial charge in [-0.1, -0.05) is 29.8 Å². The van der Waals surface area contributed by atoms with Crippen molar-refractivity contribution in [3.63, 3.8) is 0 Å². The van der Waals surface area contributed by atoms with Crippen LogP contribution in [0.4, 0.5) is 0 Å². The summed E-state index contributed by atoms with van der Waals surface area (Å²) in [7, 11) is 0. The number of rotatable bonds is 1. The fourth-order valence-electron chi connectivity index (χ4n) is 2.10. The van der Waals surface area contributed by atoms with E-state index in [-0.39, 0.29) is 22.9 Å². The van der Waals surface area contributed by atoms with Crippen molar-refractivity contribution >= 4 is 45.9 Å². The second-order valence-electron chi connectivity index (χ2n) is 4.82. The van der Waals surface area contributed by atoms with Crippen molar-refractivity contribution < 1.29 is 9.53 Å². The predicted molar refractivity (Wildman–Crippen MR) is 91.9 cm³/mol. The Bertz CT molecular complexity index is 578. The molecule has 0 N–H and O–H groups in total. The maximum Gasteiger partial charge on any atom is 0.286 e. The van der Waals surface area contributed by atoms with Crippen LogP contribution in [0.5, 0.6) is 0 Å². The quantitative estimate of drug-likeness (QED) is 0.714. The Hall–Kier alpha value is -1.11. The third-order valence-electron chi connectivity index (χ3n) is 3.27. The molecule has 0 aliphatic carbocycles. The first-order chi connectivity index (χ1) is 9.72. The molecule has 0 atom stereocenters. The van der Waals surface area contributed by atoms with Crippen molar-refractivity contribution in [1.29, 1.82) is 0 Å². The molecular weight excluding hydrogens is 352 g/mol. The van der Waals surface area contributed by atoms with Gasteiger partial charge in [0.25, 0.3) is 5.91 Å². The minimum absolute atomic E-state index is 0. The molecule has 0 saturated carbocycles. The number of benzene rings is 1. The van der Waals surface area contributed by atoms with Crippen LogP contribution in [0.15, 0.2) is 34.2 Å². The molecule has 1 fully saturated rings. The molecule has 112 valence electrons. The van der Waals surface area contributed by atoms with Gasteiger partial charge in [0, 0.05) is 13.1 Å². The van der Waals surface area contributed by atoms with Crippen LogP contribution in [0.1, 0.15) is 11.1 Å². The van der Waals surface area contributed by atoms with Gasteiger partial charge < -0.3 is 9.64 Å². The van der Waals surface area contributed by atoms with Crippen LogP contribution < -0.4 is 0 Å². The molecule has 6 heteroatoms. The maximum atomic E-state index is 12.0. The van der Waals surface area contributed by atoms with Gasteiger partial charge >= 0.3 is 0 Å². The van der Waals surface area contributed by atoms with Crippen molar-refractivity contribution in [1.82, 2.24) is 4.90 Å². The number of halogens is 1. The summed E-state index contributed by atoms with van der Waals surface area (Å²) in [6.07, 6.45) is 1.91.